The highest BCUT2D eigenvalue weighted by atomic mass is 16.7. The highest BCUT2D eigenvalue weighted by molar-refractivity contribution is 5.68. The van der Waals surface area contributed by atoms with E-state index in [9.17, 15) is 15.0 Å². The third-order valence-corrected chi connectivity index (χ3v) is 2.49. The summed E-state index contributed by atoms with van der Waals surface area (Å²) in [7, 11) is 1.26. The molecule has 0 aliphatic carbocycles. The number of aliphatic hydroxyl groups excluding tert-OH is 3. The normalized spacial score (nSPS) is 38.0. The minimum absolute atomic E-state index is 0.526. The number of ether oxygens (including phenoxy) is 3. The first-order valence-corrected chi connectivity index (χ1v) is 5.00. The summed E-state index contributed by atoms with van der Waals surface area (Å²) in [5.74, 6) is -1.21. The summed E-state index contributed by atoms with van der Waals surface area (Å²) < 4.78 is 14.7. The molecule has 4 N–H and O–H groups in total. The van der Waals surface area contributed by atoms with Gasteiger partial charge in [-0.3, -0.25) is 0 Å². The van der Waals surface area contributed by atoms with Gasteiger partial charge in [0, 0.05) is 7.11 Å². The third-order valence-electron chi connectivity index (χ3n) is 2.49. The van der Waals surface area contributed by atoms with Crippen molar-refractivity contribution >= 4 is 5.97 Å². The summed E-state index contributed by atoms with van der Waals surface area (Å²) >= 11 is 0. The number of rotatable bonds is 5. The van der Waals surface area contributed by atoms with Crippen LogP contribution in [0.15, 0.2) is 0 Å². The highest BCUT2D eigenvalue weighted by Gasteiger charge is 2.45. The molecule has 0 saturated carbocycles. The van der Waals surface area contributed by atoms with E-state index in [0.717, 1.165) is 0 Å². The zero-order valence-electron chi connectivity index (χ0n) is 9.22. The van der Waals surface area contributed by atoms with Gasteiger partial charge in [-0.2, -0.15) is 0 Å². The van der Waals surface area contributed by atoms with E-state index >= 15 is 0 Å². The van der Waals surface area contributed by atoms with Crippen LogP contribution in [0.2, 0.25) is 0 Å². The van der Waals surface area contributed by atoms with Crippen LogP contribution in [-0.4, -0.2) is 77.4 Å². The lowest BCUT2D eigenvalue weighted by Gasteiger charge is -2.41. The van der Waals surface area contributed by atoms with E-state index in [1.165, 1.54) is 7.11 Å². The lowest BCUT2D eigenvalue weighted by Crippen LogP contribution is -2.60. The summed E-state index contributed by atoms with van der Waals surface area (Å²) in [5, 5.41) is 36.7. The number of hydrogen-bond acceptors (Lipinski definition) is 7. The molecule has 100 valence electrons. The first-order chi connectivity index (χ1) is 8.01. The van der Waals surface area contributed by atoms with Crippen LogP contribution in [0.5, 0.6) is 0 Å². The first kappa shape index (κ1) is 14.3. The molecule has 8 heteroatoms. The smallest absolute Gasteiger partial charge is 0.329 e. The summed E-state index contributed by atoms with van der Waals surface area (Å²) in [6.07, 6.45) is -5.84. The highest BCUT2D eigenvalue weighted by Crippen LogP contribution is 2.24. The molecule has 0 amide bonds. The number of carbonyl (C=O) groups is 1. The first-order valence-electron chi connectivity index (χ1n) is 5.00. The average molecular weight is 252 g/mol. The van der Waals surface area contributed by atoms with Crippen molar-refractivity contribution < 1.29 is 39.4 Å². The molecule has 0 aromatic heterocycles. The molecular formula is C9H16O8. The van der Waals surface area contributed by atoms with Gasteiger partial charge in [0.25, 0.3) is 0 Å². The van der Waals surface area contributed by atoms with Gasteiger partial charge < -0.3 is 34.6 Å². The fraction of sp³-hybridized carbons (Fsp3) is 0.889. The van der Waals surface area contributed by atoms with Crippen LogP contribution in [0.4, 0.5) is 0 Å². The second-order valence-corrected chi connectivity index (χ2v) is 3.61. The topological polar surface area (TPSA) is 126 Å². The lowest BCUT2D eigenvalue weighted by atomic mass is 9.99. The Bertz CT molecular complexity index is 257. The quantitative estimate of drug-likeness (QED) is 0.424. The molecule has 1 aliphatic heterocycles. The Hall–Kier alpha value is -0.770. The summed E-state index contributed by atoms with van der Waals surface area (Å²) in [6, 6.07) is 0. The van der Waals surface area contributed by atoms with Gasteiger partial charge in [0.2, 0.25) is 0 Å². The van der Waals surface area contributed by atoms with Crippen molar-refractivity contribution in [3.05, 3.63) is 0 Å². The molecule has 17 heavy (non-hydrogen) atoms. The molecule has 0 radical (unpaired) electrons. The Morgan fingerprint density at radius 3 is 2.47 bits per heavy atom. The van der Waals surface area contributed by atoms with E-state index in [1.807, 2.05) is 0 Å². The van der Waals surface area contributed by atoms with Crippen molar-refractivity contribution in [2.45, 2.75) is 30.7 Å². The molecule has 1 fully saturated rings. The molecule has 1 unspecified atom stereocenters. The second kappa shape index (κ2) is 6.24. The van der Waals surface area contributed by atoms with Gasteiger partial charge in [0.05, 0.1) is 6.61 Å². The van der Waals surface area contributed by atoms with Gasteiger partial charge in [-0.05, 0) is 0 Å². The van der Waals surface area contributed by atoms with Gasteiger partial charge in [-0.1, -0.05) is 0 Å². The van der Waals surface area contributed by atoms with E-state index in [2.05, 4.69) is 0 Å². The fourth-order valence-corrected chi connectivity index (χ4v) is 1.67. The Morgan fingerprint density at radius 2 is 2.00 bits per heavy atom. The van der Waals surface area contributed by atoms with E-state index in [-0.39, 0.29) is 0 Å². The fourth-order valence-electron chi connectivity index (χ4n) is 1.67. The number of carboxylic acids is 1. The van der Waals surface area contributed by atoms with Crippen molar-refractivity contribution in [2.24, 2.45) is 0 Å². The van der Waals surface area contributed by atoms with Crippen molar-refractivity contribution in [1.29, 1.82) is 0 Å². The molecular weight excluding hydrogens is 236 g/mol. The Labute approximate surface area is 97.3 Å². The largest absolute Gasteiger partial charge is 0.480 e. The van der Waals surface area contributed by atoms with Crippen LogP contribution >= 0.6 is 0 Å². The van der Waals surface area contributed by atoms with Crippen LogP contribution in [0.25, 0.3) is 0 Å². The molecule has 1 heterocycles. The number of carboxylic acid groups (broad SMARTS) is 1. The maximum atomic E-state index is 10.4. The molecule has 1 rings (SSSR count). The monoisotopic (exact) mass is 252 g/mol. The Kier molecular flexibility index (Phi) is 5.25. The Morgan fingerprint density at radius 1 is 1.35 bits per heavy atom. The van der Waals surface area contributed by atoms with Crippen LogP contribution in [0.1, 0.15) is 0 Å². The third kappa shape index (κ3) is 3.35. The average Bonchev–Trinajstić information content (AvgIpc) is 2.29. The summed E-state index contributed by atoms with van der Waals surface area (Å²) in [4.78, 5) is 10.4. The second-order valence-electron chi connectivity index (χ2n) is 3.61. The van der Waals surface area contributed by atoms with E-state index in [0.29, 0.717) is 0 Å². The van der Waals surface area contributed by atoms with Crippen molar-refractivity contribution in [2.75, 3.05) is 20.3 Å². The van der Waals surface area contributed by atoms with Gasteiger partial charge >= 0.3 is 5.97 Å². The van der Waals surface area contributed by atoms with Crippen LogP contribution in [0, 0.1) is 0 Å². The van der Waals surface area contributed by atoms with Crippen molar-refractivity contribution in [1.82, 2.24) is 0 Å². The number of hydrogen-bond donors (Lipinski definition) is 4. The van der Waals surface area contributed by atoms with Gasteiger partial charge in [-0.25, -0.2) is 4.79 Å². The van der Waals surface area contributed by atoms with Crippen LogP contribution < -0.4 is 0 Å². The maximum Gasteiger partial charge on any atom is 0.329 e. The zero-order chi connectivity index (χ0) is 13.0. The molecule has 1 saturated heterocycles. The van der Waals surface area contributed by atoms with Crippen molar-refractivity contribution in [3.63, 3.8) is 0 Å². The summed E-state index contributed by atoms with van der Waals surface area (Å²) in [6.45, 7) is -1.17. The van der Waals surface area contributed by atoms with Gasteiger partial charge in [-0.15, -0.1) is 0 Å². The van der Waals surface area contributed by atoms with Crippen molar-refractivity contribution in [3.8, 4) is 0 Å². The van der Waals surface area contributed by atoms with E-state index < -0.39 is 49.9 Å². The predicted molar refractivity (Wildman–Crippen MR) is 52.1 cm³/mol. The molecule has 0 aromatic carbocycles. The molecule has 0 spiro atoms. The Balaban J connectivity index is 2.73. The van der Waals surface area contributed by atoms with Gasteiger partial charge in [0.1, 0.15) is 31.0 Å². The molecule has 1 aliphatic rings. The SMILES string of the molecule is CO[C@H]1C(O)O[C@H](CO)[C@H](O)[C@@H]1OCC(=O)O. The van der Waals surface area contributed by atoms with E-state index in [4.69, 9.17) is 24.4 Å². The zero-order valence-corrected chi connectivity index (χ0v) is 9.22. The maximum absolute atomic E-state index is 10.4. The number of aliphatic hydroxyl groups is 3. The minimum Gasteiger partial charge on any atom is -0.480 e. The summed E-state index contributed by atoms with van der Waals surface area (Å²) in [5.41, 5.74) is 0. The standard InChI is InChI=1S/C9H16O8/c1-15-8-7(16-3-5(11)12)6(13)4(2-10)17-9(8)14/h4,6-10,13-14H,2-3H2,1H3,(H,11,12)/t4-,6+,7+,8-,9?/m1/s1. The lowest BCUT2D eigenvalue weighted by molar-refractivity contribution is -0.298. The van der Waals surface area contributed by atoms with Crippen LogP contribution in [0.3, 0.4) is 0 Å². The molecule has 8 nitrogen and oxygen atoms in total. The van der Waals surface area contributed by atoms with Gasteiger partial charge in [0.15, 0.2) is 6.29 Å². The molecule has 0 bridgehead atoms. The molecule has 0 aromatic rings. The number of aliphatic carboxylic acids is 1. The van der Waals surface area contributed by atoms with Crippen LogP contribution in [-0.2, 0) is 19.0 Å². The minimum atomic E-state index is -1.40. The molecule has 5 atom stereocenters. The number of methoxy groups -OCH3 is 1. The predicted octanol–water partition coefficient (Wildman–Crippen LogP) is -2.46. The van der Waals surface area contributed by atoms with E-state index in [1.54, 1.807) is 0 Å².